The summed E-state index contributed by atoms with van der Waals surface area (Å²) < 4.78 is 0. The lowest BCUT2D eigenvalue weighted by Gasteiger charge is -2.13. The molecule has 2 heterocycles. The van der Waals surface area contributed by atoms with E-state index in [4.69, 9.17) is 0 Å². The third kappa shape index (κ3) is 1.65. The van der Waals surface area contributed by atoms with Crippen LogP contribution in [-0.2, 0) is 0 Å². The molecule has 2 N–H and O–H groups in total. The van der Waals surface area contributed by atoms with Crippen LogP contribution < -0.4 is 10.6 Å². The molecule has 0 spiro atoms. The molecule has 0 aromatic carbocycles. The van der Waals surface area contributed by atoms with Crippen LogP contribution in [-0.4, -0.2) is 18.6 Å². The number of hydrogen-bond acceptors (Lipinski definition) is 3. The molecule has 1 aromatic rings. The minimum absolute atomic E-state index is 0.496. The van der Waals surface area contributed by atoms with Crippen LogP contribution in [0.15, 0.2) is 18.3 Å². The predicted octanol–water partition coefficient (Wildman–Crippen LogP) is 1.55. The zero-order valence-electron chi connectivity index (χ0n) is 7.88. The Kier molecular flexibility index (Phi) is 2.45. The summed E-state index contributed by atoms with van der Waals surface area (Å²) in [6.45, 7) is 1.13. The number of aromatic nitrogens is 1. The molecule has 2 rings (SSSR count). The first-order valence-electron chi connectivity index (χ1n) is 4.78. The topological polar surface area (TPSA) is 37.0 Å². The predicted molar refractivity (Wildman–Crippen MR) is 53.8 cm³/mol. The number of anilines is 1. The van der Waals surface area contributed by atoms with Crippen LogP contribution in [0.2, 0.25) is 0 Å². The molecular formula is C10H15N3. The molecule has 1 aliphatic heterocycles. The van der Waals surface area contributed by atoms with E-state index in [1.165, 1.54) is 18.4 Å². The van der Waals surface area contributed by atoms with Gasteiger partial charge < -0.3 is 10.6 Å². The molecule has 0 aliphatic carbocycles. The van der Waals surface area contributed by atoms with E-state index in [2.05, 4.69) is 21.7 Å². The monoisotopic (exact) mass is 177 g/mol. The first-order valence-corrected chi connectivity index (χ1v) is 4.78. The lowest BCUT2D eigenvalue weighted by atomic mass is 10.1. The van der Waals surface area contributed by atoms with Crippen molar-refractivity contribution < 1.29 is 0 Å². The minimum Gasteiger partial charge on any atom is -0.373 e. The van der Waals surface area contributed by atoms with Gasteiger partial charge in [0, 0.05) is 24.8 Å². The molecule has 1 aliphatic rings. The van der Waals surface area contributed by atoms with E-state index in [9.17, 15) is 0 Å². The molecular weight excluding hydrogens is 162 g/mol. The van der Waals surface area contributed by atoms with E-state index >= 15 is 0 Å². The third-order valence-corrected chi connectivity index (χ3v) is 2.51. The van der Waals surface area contributed by atoms with Crippen LogP contribution in [0.1, 0.15) is 24.4 Å². The highest BCUT2D eigenvalue weighted by Crippen LogP contribution is 2.26. The fraction of sp³-hybridized carbons (Fsp3) is 0.500. The molecule has 0 radical (unpaired) electrons. The molecule has 1 aromatic heterocycles. The Morgan fingerprint density at radius 1 is 1.62 bits per heavy atom. The maximum absolute atomic E-state index is 4.29. The summed E-state index contributed by atoms with van der Waals surface area (Å²) in [5, 5.41) is 6.59. The quantitative estimate of drug-likeness (QED) is 0.719. The summed E-state index contributed by atoms with van der Waals surface area (Å²) in [5.74, 6) is 1.00. The van der Waals surface area contributed by atoms with E-state index < -0.39 is 0 Å². The Labute approximate surface area is 78.6 Å². The van der Waals surface area contributed by atoms with Gasteiger partial charge in [-0.3, -0.25) is 0 Å². The van der Waals surface area contributed by atoms with Gasteiger partial charge in [0.2, 0.25) is 0 Å². The molecule has 1 fully saturated rings. The molecule has 0 saturated carbocycles. The van der Waals surface area contributed by atoms with Crippen molar-refractivity contribution in [3.05, 3.63) is 23.9 Å². The first-order chi connectivity index (χ1) is 6.42. The Hall–Kier alpha value is -1.09. The molecule has 3 heteroatoms. The van der Waals surface area contributed by atoms with Gasteiger partial charge in [0.25, 0.3) is 0 Å². The van der Waals surface area contributed by atoms with Crippen LogP contribution >= 0.6 is 0 Å². The molecule has 13 heavy (non-hydrogen) atoms. The van der Waals surface area contributed by atoms with E-state index in [0.717, 1.165) is 12.4 Å². The summed E-state index contributed by atoms with van der Waals surface area (Å²) >= 11 is 0. The highest BCUT2D eigenvalue weighted by molar-refractivity contribution is 5.45. The largest absolute Gasteiger partial charge is 0.373 e. The Balaban J connectivity index is 2.26. The second kappa shape index (κ2) is 3.75. The van der Waals surface area contributed by atoms with Crippen molar-refractivity contribution in [1.29, 1.82) is 0 Å². The second-order valence-corrected chi connectivity index (χ2v) is 3.34. The Morgan fingerprint density at radius 2 is 2.54 bits per heavy atom. The van der Waals surface area contributed by atoms with Crippen LogP contribution in [0, 0.1) is 0 Å². The van der Waals surface area contributed by atoms with Gasteiger partial charge in [-0.25, -0.2) is 4.98 Å². The van der Waals surface area contributed by atoms with Crippen molar-refractivity contribution in [2.45, 2.75) is 18.9 Å². The summed E-state index contributed by atoms with van der Waals surface area (Å²) in [5.41, 5.74) is 1.29. The average Bonchev–Trinajstić information content (AvgIpc) is 2.70. The normalized spacial score (nSPS) is 21.8. The van der Waals surface area contributed by atoms with Gasteiger partial charge in [0.15, 0.2) is 0 Å². The minimum atomic E-state index is 0.496. The number of rotatable bonds is 2. The summed E-state index contributed by atoms with van der Waals surface area (Å²) in [6, 6.07) is 4.63. The fourth-order valence-electron chi connectivity index (χ4n) is 1.86. The van der Waals surface area contributed by atoms with Gasteiger partial charge in [-0.1, -0.05) is 6.07 Å². The summed E-state index contributed by atoms with van der Waals surface area (Å²) in [7, 11) is 1.92. The molecule has 0 bridgehead atoms. The van der Waals surface area contributed by atoms with E-state index in [-0.39, 0.29) is 0 Å². The zero-order chi connectivity index (χ0) is 9.10. The van der Waals surface area contributed by atoms with Gasteiger partial charge >= 0.3 is 0 Å². The number of hydrogen-bond donors (Lipinski definition) is 2. The molecule has 3 nitrogen and oxygen atoms in total. The summed E-state index contributed by atoms with van der Waals surface area (Å²) in [6.07, 6.45) is 4.31. The third-order valence-electron chi connectivity index (χ3n) is 2.51. The van der Waals surface area contributed by atoms with Gasteiger partial charge in [0.05, 0.1) is 0 Å². The maximum atomic E-state index is 4.29. The maximum Gasteiger partial charge on any atom is 0.130 e. The number of nitrogens with one attached hydrogen (secondary N) is 2. The van der Waals surface area contributed by atoms with Crippen LogP contribution in [0.25, 0.3) is 0 Å². The van der Waals surface area contributed by atoms with Crippen LogP contribution in [0.3, 0.4) is 0 Å². The van der Waals surface area contributed by atoms with Crippen LogP contribution in [0.5, 0.6) is 0 Å². The van der Waals surface area contributed by atoms with Gasteiger partial charge in [0.1, 0.15) is 5.82 Å². The lowest BCUT2D eigenvalue weighted by Crippen LogP contribution is -2.14. The van der Waals surface area contributed by atoms with Crippen molar-refractivity contribution in [1.82, 2.24) is 10.3 Å². The average molecular weight is 177 g/mol. The smallest absolute Gasteiger partial charge is 0.130 e. The first kappa shape index (κ1) is 8.51. The second-order valence-electron chi connectivity index (χ2n) is 3.34. The molecule has 1 atom stereocenters. The van der Waals surface area contributed by atoms with E-state index in [1.807, 2.05) is 19.3 Å². The van der Waals surface area contributed by atoms with Crippen molar-refractivity contribution in [3.63, 3.8) is 0 Å². The molecule has 0 unspecified atom stereocenters. The Bertz CT molecular complexity index is 279. The highest BCUT2D eigenvalue weighted by Gasteiger charge is 2.18. The molecule has 70 valence electrons. The standard InChI is InChI=1S/C10H15N3/c1-11-10-8(4-2-7-13-10)9-5-3-6-12-9/h2,4,7,9,12H,3,5-6H2,1H3,(H,11,13)/t9-/m0/s1. The van der Waals surface area contributed by atoms with Crippen molar-refractivity contribution in [2.24, 2.45) is 0 Å². The SMILES string of the molecule is CNc1ncccc1[C@@H]1CCCN1. The van der Waals surface area contributed by atoms with Crippen molar-refractivity contribution in [2.75, 3.05) is 18.9 Å². The fourth-order valence-corrected chi connectivity index (χ4v) is 1.86. The van der Waals surface area contributed by atoms with Crippen molar-refractivity contribution >= 4 is 5.82 Å². The van der Waals surface area contributed by atoms with Crippen LogP contribution in [0.4, 0.5) is 5.82 Å². The summed E-state index contributed by atoms with van der Waals surface area (Å²) in [4.78, 5) is 4.29. The van der Waals surface area contributed by atoms with Gasteiger partial charge in [-0.2, -0.15) is 0 Å². The number of nitrogens with zero attached hydrogens (tertiary/aromatic N) is 1. The number of pyridine rings is 1. The van der Waals surface area contributed by atoms with Crippen molar-refractivity contribution in [3.8, 4) is 0 Å². The van der Waals surface area contributed by atoms with E-state index in [1.54, 1.807) is 0 Å². The molecule has 1 saturated heterocycles. The van der Waals surface area contributed by atoms with E-state index in [0.29, 0.717) is 6.04 Å². The highest BCUT2D eigenvalue weighted by atomic mass is 15.0. The van der Waals surface area contributed by atoms with Gasteiger partial charge in [-0.15, -0.1) is 0 Å². The van der Waals surface area contributed by atoms with Gasteiger partial charge in [-0.05, 0) is 25.5 Å². The Morgan fingerprint density at radius 3 is 3.23 bits per heavy atom. The lowest BCUT2D eigenvalue weighted by molar-refractivity contribution is 0.647. The zero-order valence-corrected chi connectivity index (χ0v) is 7.88. The molecule has 0 amide bonds.